The largest absolute Gasteiger partial charge is 0.489 e. The van der Waals surface area contributed by atoms with Gasteiger partial charge in [0.1, 0.15) is 12.4 Å². The Morgan fingerprint density at radius 2 is 2.08 bits per heavy atom. The number of benzene rings is 1. The number of rotatable bonds is 0. The third-order valence-corrected chi connectivity index (χ3v) is 2.19. The molecule has 12 heavy (non-hydrogen) atoms. The maximum absolute atomic E-state index is 5.47. The van der Waals surface area contributed by atoms with Crippen molar-refractivity contribution in [1.82, 2.24) is 0 Å². The SMILES string of the molecule is CC1=CCOc2ccc(C)cc21. The Bertz CT molecular complexity index is 337. The average Bonchev–Trinajstić information content (AvgIpc) is 2.07. The molecule has 0 saturated heterocycles. The molecule has 1 aromatic carbocycles. The fraction of sp³-hybridized carbons (Fsp3) is 0.273. The first-order valence-electron chi connectivity index (χ1n) is 4.18. The average molecular weight is 160 g/mol. The van der Waals surface area contributed by atoms with Crippen LogP contribution in [0, 0.1) is 6.92 Å². The molecule has 0 radical (unpaired) electrons. The summed E-state index contributed by atoms with van der Waals surface area (Å²) in [4.78, 5) is 0. The Labute approximate surface area is 72.7 Å². The molecule has 0 amide bonds. The van der Waals surface area contributed by atoms with Gasteiger partial charge in [0, 0.05) is 5.56 Å². The van der Waals surface area contributed by atoms with E-state index in [4.69, 9.17) is 4.74 Å². The van der Waals surface area contributed by atoms with Crippen LogP contribution in [0.5, 0.6) is 5.75 Å². The second kappa shape index (κ2) is 2.67. The van der Waals surface area contributed by atoms with Crippen LogP contribution in [-0.4, -0.2) is 6.61 Å². The minimum atomic E-state index is 0.710. The molecule has 1 aromatic rings. The molecule has 1 aliphatic rings. The minimum Gasteiger partial charge on any atom is -0.489 e. The molecule has 0 fully saturated rings. The second-order valence-electron chi connectivity index (χ2n) is 3.20. The normalized spacial score (nSPS) is 14.7. The molecule has 0 spiro atoms. The summed E-state index contributed by atoms with van der Waals surface area (Å²) in [6.45, 7) is 4.94. The summed E-state index contributed by atoms with van der Waals surface area (Å²) >= 11 is 0. The molecule has 1 heteroatoms. The zero-order chi connectivity index (χ0) is 8.55. The van der Waals surface area contributed by atoms with Crippen molar-refractivity contribution in [3.8, 4) is 5.75 Å². The van der Waals surface area contributed by atoms with Crippen LogP contribution in [0.3, 0.4) is 0 Å². The monoisotopic (exact) mass is 160 g/mol. The van der Waals surface area contributed by atoms with Gasteiger partial charge < -0.3 is 4.74 Å². The van der Waals surface area contributed by atoms with Gasteiger partial charge in [0.15, 0.2) is 0 Å². The lowest BCUT2D eigenvalue weighted by molar-refractivity contribution is 0.357. The molecule has 0 saturated carbocycles. The van der Waals surface area contributed by atoms with Gasteiger partial charge in [-0.25, -0.2) is 0 Å². The molecular weight excluding hydrogens is 148 g/mol. The molecule has 0 N–H and O–H groups in total. The van der Waals surface area contributed by atoms with Crippen molar-refractivity contribution in [2.45, 2.75) is 13.8 Å². The summed E-state index contributed by atoms with van der Waals surface area (Å²) in [7, 11) is 0. The first kappa shape index (κ1) is 7.41. The lowest BCUT2D eigenvalue weighted by Gasteiger charge is -2.16. The van der Waals surface area contributed by atoms with Crippen molar-refractivity contribution >= 4 is 5.57 Å². The molecule has 0 unspecified atom stereocenters. The van der Waals surface area contributed by atoms with Crippen LogP contribution in [0.15, 0.2) is 24.3 Å². The summed E-state index contributed by atoms with van der Waals surface area (Å²) in [6.07, 6.45) is 2.11. The van der Waals surface area contributed by atoms with E-state index in [1.165, 1.54) is 16.7 Å². The van der Waals surface area contributed by atoms with Crippen LogP contribution in [0.2, 0.25) is 0 Å². The fourth-order valence-electron chi connectivity index (χ4n) is 1.44. The van der Waals surface area contributed by atoms with Crippen LogP contribution >= 0.6 is 0 Å². The predicted octanol–water partition coefficient (Wildman–Crippen LogP) is 2.79. The molecule has 62 valence electrons. The maximum Gasteiger partial charge on any atom is 0.127 e. The first-order valence-corrected chi connectivity index (χ1v) is 4.18. The van der Waals surface area contributed by atoms with Crippen LogP contribution in [-0.2, 0) is 0 Å². The lowest BCUT2D eigenvalue weighted by Crippen LogP contribution is -2.03. The Balaban J connectivity index is 2.58. The summed E-state index contributed by atoms with van der Waals surface area (Å²) in [5, 5.41) is 0. The Morgan fingerprint density at radius 3 is 2.92 bits per heavy atom. The summed E-state index contributed by atoms with van der Waals surface area (Å²) in [5.74, 6) is 1.01. The topological polar surface area (TPSA) is 9.23 Å². The van der Waals surface area contributed by atoms with Crippen LogP contribution in [0.4, 0.5) is 0 Å². The number of fused-ring (bicyclic) bond motifs is 1. The molecule has 2 rings (SSSR count). The van der Waals surface area contributed by atoms with E-state index >= 15 is 0 Å². The van der Waals surface area contributed by atoms with E-state index in [1.807, 2.05) is 6.07 Å². The Kier molecular flexibility index (Phi) is 1.65. The minimum absolute atomic E-state index is 0.710. The zero-order valence-electron chi connectivity index (χ0n) is 7.42. The van der Waals surface area contributed by atoms with Gasteiger partial charge in [0.25, 0.3) is 0 Å². The van der Waals surface area contributed by atoms with Crippen molar-refractivity contribution in [3.63, 3.8) is 0 Å². The highest BCUT2D eigenvalue weighted by Crippen LogP contribution is 2.29. The second-order valence-corrected chi connectivity index (χ2v) is 3.20. The highest BCUT2D eigenvalue weighted by atomic mass is 16.5. The van der Waals surface area contributed by atoms with Crippen LogP contribution in [0.25, 0.3) is 5.57 Å². The number of hydrogen-bond donors (Lipinski definition) is 0. The van der Waals surface area contributed by atoms with Gasteiger partial charge in [-0.3, -0.25) is 0 Å². The Hall–Kier alpha value is -1.24. The lowest BCUT2D eigenvalue weighted by atomic mass is 10.0. The molecule has 0 bridgehead atoms. The van der Waals surface area contributed by atoms with Crippen LogP contribution < -0.4 is 4.74 Å². The van der Waals surface area contributed by atoms with Gasteiger partial charge >= 0.3 is 0 Å². The van der Waals surface area contributed by atoms with Gasteiger partial charge in [-0.05, 0) is 37.6 Å². The highest BCUT2D eigenvalue weighted by molar-refractivity contribution is 5.71. The number of ether oxygens (including phenoxy) is 1. The number of aryl methyl sites for hydroxylation is 1. The quantitative estimate of drug-likeness (QED) is 0.567. The number of allylic oxidation sites excluding steroid dienone is 1. The maximum atomic E-state index is 5.47. The van der Waals surface area contributed by atoms with Crippen molar-refractivity contribution in [2.75, 3.05) is 6.61 Å². The van der Waals surface area contributed by atoms with Gasteiger partial charge in [0.2, 0.25) is 0 Å². The van der Waals surface area contributed by atoms with Crippen molar-refractivity contribution < 1.29 is 4.74 Å². The van der Waals surface area contributed by atoms with Crippen molar-refractivity contribution in [3.05, 3.63) is 35.4 Å². The van der Waals surface area contributed by atoms with E-state index in [2.05, 4.69) is 32.1 Å². The van der Waals surface area contributed by atoms with E-state index in [0.29, 0.717) is 6.61 Å². The molecule has 1 aliphatic heterocycles. The molecule has 0 aliphatic carbocycles. The summed E-state index contributed by atoms with van der Waals surface area (Å²) < 4.78 is 5.47. The zero-order valence-corrected chi connectivity index (χ0v) is 7.42. The van der Waals surface area contributed by atoms with E-state index in [0.717, 1.165) is 5.75 Å². The third kappa shape index (κ3) is 1.11. The fourth-order valence-corrected chi connectivity index (χ4v) is 1.44. The predicted molar refractivity (Wildman–Crippen MR) is 50.3 cm³/mol. The number of hydrogen-bond acceptors (Lipinski definition) is 1. The first-order chi connectivity index (χ1) is 5.77. The van der Waals surface area contributed by atoms with E-state index in [9.17, 15) is 0 Å². The molecule has 1 nitrogen and oxygen atoms in total. The summed E-state index contributed by atoms with van der Waals surface area (Å²) in [6, 6.07) is 6.29. The third-order valence-electron chi connectivity index (χ3n) is 2.19. The van der Waals surface area contributed by atoms with E-state index < -0.39 is 0 Å². The smallest absolute Gasteiger partial charge is 0.127 e. The van der Waals surface area contributed by atoms with Gasteiger partial charge in [0.05, 0.1) is 0 Å². The summed E-state index contributed by atoms with van der Waals surface area (Å²) in [5.41, 5.74) is 3.84. The van der Waals surface area contributed by atoms with Crippen LogP contribution in [0.1, 0.15) is 18.1 Å². The molecular formula is C11H12O. The van der Waals surface area contributed by atoms with E-state index in [-0.39, 0.29) is 0 Å². The molecule has 1 heterocycles. The van der Waals surface area contributed by atoms with Gasteiger partial charge in [-0.2, -0.15) is 0 Å². The standard InChI is InChI=1S/C11H12O/c1-8-3-4-11-10(7-8)9(2)5-6-12-11/h3-5,7H,6H2,1-2H3. The molecule has 0 aromatic heterocycles. The van der Waals surface area contributed by atoms with E-state index in [1.54, 1.807) is 0 Å². The highest BCUT2D eigenvalue weighted by Gasteiger charge is 2.09. The van der Waals surface area contributed by atoms with Gasteiger partial charge in [-0.15, -0.1) is 0 Å². The van der Waals surface area contributed by atoms with Crippen molar-refractivity contribution in [1.29, 1.82) is 0 Å². The van der Waals surface area contributed by atoms with Crippen molar-refractivity contribution in [2.24, 2.45) is 0 Å². The Morgan fingerprint density at radius 1 is 1.25 bits per heavy atom. The van der Waals surface area contributed by atoms with Gasteiger partial charge in [-0.1, -0.05) is 11.6 Å². The molecule has 0 atom stereocenters.